The molecule has 34 heavy (non-hydrogen) atoms. The summed E-state index contributed by atoms with van der Waals surface area (Å²) in [5.74, 6) is 1.83. The summed E-state index contributed by atoms with van der Waals surface area (Å²) < 4.78 is 19.4. The molecule has 0 fully saturated rings. The zero-order chi connectivity index (χ0) is 23.9. The van der Waals surface area contributed by atoms with Crippen LogP contribution in [0.4, 0.5) is 0 Å². The van der Waals surface area contributed by atoms with Gasteiger partial charge in [0.1, 0.15) is 18.3 Å². The van der Waals surface area contributed by atoms with Crippen LogP contribution in [0.3, 0.4) is 0 Å². The van der Waals surface area contributed by atoms with Crippen LogP contribution in [0.5, 0.6) is 17.2 Å². The highest BCUT2D eigenvalue weighted by molar-refractivity contribution is 6.34. The van der Waals surface area contributed by atoms with Crippen molar-refractivity contribution in [3.63, 3.8) is 0 Å². The molecule has 171 valence electrons. The Bertz CT molecular complexity index is 1180. The summed E-state index contributed by atoms with van der Waals surface area (Å²) in [6.45, 7) is 6.10. The molecular formula is C30H29O3Si. The van der Waals surface area contributed by atoms with E-state index < -0.39 is 0 Å². The number of hydrogen-bond acceptors (Lipinski definition) is 3. The van der Waals surface area contributed by atoms with Crippen molar-refractivity contribution >= 4 is 15.4 Å². The van der Waals surface area contributed by atoms with Crippen molar-refractivity contribution in [2.24, 2.45) is 0 Å². The monoisotopic (exact) mass is 465 g/mol. The highest BCUT2D eigenvalue weighted by Crippen LogP contribution is 2.42. The number of hydrogen-bond donors (Lipinski definition) is 0. The fourth-order valence-electron chi connectivity index (χ4n) is 3.79. The first-order valence-corrected chi connectivity index (χ1v) is 12.1. The predicted molar refractivity (Wildman–Crippen MR) is 138 cm³/mol. The van der Waals surface area contributed by atoms with Gasteiger partial charge >= 0.3 is 0 Å². The van der Waals surface area contributed by atoms with E-state index >= 15 is 0 Å². The fraction of sp³-hybridized carbons (Fsp3) is 0.200. The maximum absolute atomic E-state index is 6.54. The van der Waals surface area contributed by atoms with Gasteiger partial charge in [-0.3, -0.25) is 0 Å². The Kier molecular flexibility index (Phi) is 7.71. The molecule has 3 nitrogen and oxygen atoms in total. The van der Waals surface area contributed by atoms with E-state index in [1.165, 1.54) is 0 Å². The second-order valence-electron chi connectivity index (χ2n) is 8.28. The lowest BCUT2D eigenvalue weighted by molar-refractivity contribution is 0.163. The molecular weight excluding hydrogens is 436 g/mol. The molecule has 0 aliphatic rings. The van der Waals surface area contributed by atoms with Crippen LogP contribution in [-0.4, -0.2) is 10.2 Å². The lowest BCUT2D eigenvalue weighted by Crippen LogP contribution is -2.16. The van der Waals surface area contributed by atoms with Gasteiger partial charge in [0.05, 0.1) is 10.2 Å². The van der Waals surface area contributed by atoms with Crippen molar-refractivity contribution in [3.05, 3.63) is 120 Å². The zero-order valence-corrected chi connectivity index (χ0v) is 20.8. The van der Waals surface area contributed by atoms with Crippen molar-refractivity contribution in [2.45, 2.75) is 39.1 Å². The Morgan fingerprint density at radius 1 is 0.471 bits per heavy atom. The highest BCUT2D eigenvalue weighted by Gasteiger charge is 2.23. The molecule has 4 aromatic carbocycles. The van der Waals surface area contributed by atoms with Crippen LogP contribution < -0.4 is 19.4 Å². The molecule has 3 radical (unpaired) electrons. The van der Waals surface area contributed by atoms with Gasteiger partial charge in [-0.1, -0.05) is 97.1 Å². The third-order valence-electron chi connectivity index (χ3n) is 5.78. The summed E-state index contributed by atoms with van der Waals surface area (Å²) in [4.78, 5) is 0. The molecule has 4 aromatic rings. The van der Waals surface area contributed by atoms with Gasteiger partial charge in [0.15, 0.2) is 11.5 Å². The number of rotatable bonds is 9. The summed E-state index contributed by atoms with van der Waals surface area (Å²) in [6.07, 6.45) is -0.526. The maximum Gasteiger partial charge on any atom is 0.204 e. The van der Waals surface area contributed by atoms with E-state index in [1.54, 1.807) is 0 Å². The third kappa shape index (κ3) is 5.70. The summed E-state index contributed by atoms with van der Waals surface area (Å²) >= 11 is 0. The third-order valence-corrected chi connectivity index (χ3v) is 6.17. The second-order valence-corrected chi connectivity index (χ2v) is 8.82. The van der Waals surface area contributed by atoms with Crippen LogP contribution in [0.15, 0.2) is 103 Å². The van der Waals surface area contributed by atoms with E-state index in [1.807, 2.05) is 87.5 Å². The summed E-state index contributed by atoms with van der Waals surface area (Å²) in [5.41, 5.74) is 3.25. The molecule has 3 atom stereocenters. The minimum Gasteiger partial charge on any atom is -0.482 e. The Morgan fingerprint density at radius 2 is 0.853 bits per heavy atom. The van der Waals surface area contributed by atoms with Crippen molar-refractivity contribution in [1.82, 2.24) is 0 Å². The van der Waals surface area contributed by atoms with Gasteiger partial charge in [-0.2, -0.15) is 0 Å². The van der Waals surface area contributed by atoms with Crippen molar-refractivity contribution in [3.8, 4) is 17.2 Å². The highest BCUT2D eigenvalue weighted by atomic mass is 28.1. The zero-order valence-electron chi connectivity index (χ0n) is 19.8. The fourth-order valence-corrected chi connectivity index (χ4v) is 4.04. The Balaban J connectivity index is 1.70. The molecule has 4 rings (SSSR count). The average molecular weight is 466 g/mol. The Labute approximate surface area is 205 Å². The molecule has 0 aromatic heterocycles. The number of ether oxygens (including phenoxy) is 3. The summed E-state index contributed by atoms with van der Waals surface area (Å²) in [6, 6.07) is 34.3. The van der Waals surface area contributed by atoms with E-state index in [2.05, 4.69) is 46.6 Å². The van der Waals surface area contributed by atoms with E-state index in [9.17, 15) is 0 Å². The molecule has 0 bridgehead atoms. The van der Waals surface area contributed by atoms with Crippen LogP contribution in [-0.2, 0) is 0 Å². The molecule has 0 spiro atoms. The predicted octanol–water partition coefficient (Wildman–Crippen LogP) is 6.90. The van der Waals surface area contributed by atoms with Crippen LogP contribution in [0.1, 0.15) is 55.8 Å². The van der Waals surface area contributed by atoms with E-state index in [0.717, 1.165) is 21.9 Å². The van der Waals surface area contributed by atoms with Gasteiger partial charge in [-0.05, 0) is 48.7 Å². The van der Waals surface area contributed by atoms with Crippen molar-refractivity contribution < 1.29 is 14.2 Å². The van der Waals surface area contributed by atoms with Crippen LogP contribution in [0, 0.1) is 0 Å². The van der Waals surface area contributed by atoms with Crippen molar-refractivity contribution in [2.75, 3.05) is 0 Å². The standard InChI is InChI=1S/C30H29O3Si/c1-21(24-13-7-4-8-14-24)31-27-19-20-28(34)30(33-23(3)26-17-11-6-12-18-26)29(27)32-22(2)25-15-9-5-10-16-25/h4-23H,1-3H3. The first kappa shape index (κ1) is 23.6. The van der Waals surface area contributed by atoms with Gasteiger partial charge in [-0.15, -0.1) is 0 Å². The quantitative estimate of drug-likeness (QED) is 0.252. The summed E-state index contributed by atoms with van der Waals surface area (Å²) in [7, 11) is 3.74. The lowest BCUT2D eigenvalue weighted by atomic mass is 10.1. The first-order valence-electron chi connectivity index (χ1n) is 11.6. The van der Waals surface area contributed by atoms with Crippen LogP contribution >= 0.6 is 0 Å². The molecule has 0 aliphatic carbocycles. The first-order chi connectivity index (χ1) is 16.5. The molecule has 4 heteroatoms. The maximum atomic E-state index is 6.54. The number of benzene rings is 4. The summed E-state index contributed by atoms with van der Waals surface area (Å²) in [5, 5.41) is 0.803. The van der Waals surface area contributed by atoms with Crippen molar-refractivity contribution in [1.29, 1.82) is 0 Å². The van der Waals surface area contributed by atoms with Gasteiger partial charge in [-0.25, -0.2) is 0 Å². The molecule has 0 aliphatic heterocycles. The molecule has 0 saturated carbocycles. The van der Waals surface area contributed by atoms with Gasteiger partial charge in [0.2, 0.25) is 5.75 Å². The SMILES string of the molecule is CC(Oc1ccc([Si])c(OC(C)c2ccccc2)c1OC(C)c1ccccc1)c1ccccc1. The molecule has 0 saturated heterocycles. The minimum atomic E-state index is -0.196. The van der Waals surface area contributed by atoms with Crippen LogP contribution in [0.25, 0.3) is 0 Å². The average Bonchev–Trinajstić information content (AvgIpc) is 2.89. The Morgan fingerprint density at radius 3 is 1.29 bits per heavy atom. The molecule has 3 unspecified atom stereocenters. The van der Waals surface area contributed by atoms with E-state index in [0.29, 0.717) is 17.2 Å². The Hall–Kier alpha value is -3.50. The normalized spacial score (nSPS) is 13.5. The van der Waals surface area contributed by atoms with E-state index in [4.69, 9.17) is 14.2 Å². The minimum absolute atomic E-state index is 0.157. The largest absolute Gasteiger partial charge is 0.482 e. The second kappa shape index (κ2) is 11.1. The molecule has 0 N–H and O–H groups in total. The smallest absolute Gasteiger partial charge is 0.204 e. The molecule has 0 heterocycles. The molecule has 0 amide bonds. The van der Waals surface area contributed by atoms with E-state index in [-0.39, 0.29) is 18.3 Å². The van der Waals surface area contributed by atoms with Gasteiger partial charge < -0.3 is 14.2 Å². The van der Waals surface area contributed by atoms with Gasteiger partial charge in [0, 0.05) is 0 Å². The topological polar surface area (TPSA) is 27.7 Å². The lowest BCUT2D eigenvalue weighted by Gasteiger charge is -2.25. The van der Waals surface area contributed by atoms with Crippen LogP contribution in [0.2, 0.25) is 0 Å². The van der Waals surface area contributed by atoms with Gasteiger partial charge in [0.25, 0.3) is 0 Å².